The molecule has 244 valence electrons. The lowest BCUT2D eigenvalue weighted by Crippen LogP contribution is -2.28. The summed E-state index contributed by atoms with van der Waals surface area (Å²) in [6.45, 7) is 0. The minimum Gasteiger partial charge on any atom is -0.310 e. The monoisotopic (exact) mass is 697 g/mol. The van der Waals surface area contributed by atoms with Gasteiger partial charge in [0.25, 0.3) is 0 Å². The van der Waals surface area contributed by atoms with Crippen molar-refractivity contribution in [1.29, 1.82) is 0 Å². The van der Waals surface area contributed by atoms with E-state index in [9.17, 15) is 0 Å². The van der Waals surface area contributed by atoms with Crippen molar-refractivity contribution in [1.82, 2.24) is 0 Å². The Hall–Kier alpha value is -6.00. The van der Waals surface area contributed by atoms with E-state index in [1.54, 1.807) is 0 Å². The van der Waals surface area contributed by atoms with Crippen LogP contribution in [0.2, 0.25) is 0 Å². The van der Waals surface area contributed by atoms with E-state index in [1.165, 1.54) is 79.4 Å². The molecule has 8 aromatic carbocycles. The summed E-state index contributed by atoms with van der Waals surface area (Å²) in [7, 11) is 0. The maximum Gasteiger partial charge on any atom is 0.0714 e. The van der Waals surface area contributed by atoms with Gasteiger partial charge in [0.05, 0.1) is 11.1 Å². The van der Waals surface area contributed by atoms with E-state index in [0.29, 0.717) is 0 Å². The van der Waals surface area contributed by atoms with Gasteiger partial charge in [0.1, 0.15) is 0 Å². The van der Waals surface area contributed by atoms with Crippen molar-refractivity contribution in [2.24, 2.45) is 0 Å². The molecule has 1 nitrogen and oxygen atoms in total. The van der Waals surface area contributed by atoms with Crippen LogP contribution in [0.5, 0.6) is 0 Å². The van der Waals surface area contributed by atoms with E-state index in [4.69, 9.17) is 0 Å². The van der Waals surface area contributed by atoms with Gasteiger partial charge in [0.2, 0.25) is 0 Å². The van der Waals surface area contributed by atoms with Gasteiger partial charge in [-0.15, -0.1) is 22.7 Å². The highest BCUT2D eigenvalue weighted by molar-refractivity contribution is 7.29. The zero-order valence-electron chi connectivity index (χ0n) is 28.2. The van der Waals surface area contributed by atoms with Gasteiger partial charge in [-0.1, -0.05) is 140 Å². The second kappa shape index (κ2) is 11.5. The quantitative estimate of drug-likeness (QED) is 0.173. The minimum absolute atomic E-state index is 0.475. The molecule has 0 fully saturated rings. The highest BCUT2D eigenvalue weighted by Crippen LogP contribution is 2.58. The highest BCUT2D eigenvalue weighted by atomic mass is 32.1. The molecule has 0 atom stereocenters. The van der Waals surface area contributed by atoms with Gasteiger partial charge in [-0.05, 0) is 81.9 Å². The van der Waals surface area contributed by atoms with E-state index < -0.39 is 5.41 Å². The molecule has 0 saturated carbocycles. The maximum absolute atomic E-state index is 2.49. The maximum atomic E-state index is 2.49. The van der Waals surface area contributed by atoms with Crippen LogP contribution >= 0.6 is 22.7 Å². The zero-order chi connectivity index (χ0) is 34.2. The van der Waals surface area contributed by atoms with Gasteiger partial charge in [-0.3, -0.25) is 0 Å². The first-order valence-corrected chi connectivity index (χ1v) is 19.4. The van der Waals surface area contributed by atoms with Crippen LogP contribution in [-0.4, -0.2) is 0 Å². The predicted octanol–water partition coefficient (Wildman–Crippen LogP) is 14.3. The molecule has 11 rings (SSSR count). The molecule has 0 radical (unpaired) electrons. The van der Waals surface area contributed by atoms with Crippen LogP contribution in [0.3, 0.4) is 0 Å². The average Bonchev–Trinajstić information content (AvgIpc) is 3.88. The van der Waals surface area contributed by atoms with E-state index >= 15 is 0 Å². The second-order valence-corrected chi connectivity index (χ2v) is 15.7. The third-order valence-corrected chi connectivity index (χ3v) is 13.3. The molecule has 0 amide bonds. The summed E-state index contributed by atoms with van der Waals surface area (Å²) in [5.74, 6) is 0. The van der Waals surface area contributed by atoms with Gasteiger partial charge in [0, 0.05) is 51.7 Å². The van der Waals surface area contributed by atoms with Crippen LogP contribution in [0.1, 0.15) is 22.3 Å². The number of benzene rings is 8. The van der Waals surface area contributed by atoms with Crippen LogP contribution in [0, 0.1) is 0 Å². The predicted molar refractivity (Wildman–Crippen MR) is 224 cm³/mol. The van der Waals surface area contributed by atoms with Gasteiger partial charge < -0.3 is 4.90 Å². The molecule has 2 heterocycles. The molecule has 0 bridgehead atoms. The standard InChI is InChI=1S/C49H31NS2/c1-4-15-32(16-5-1)49(33-17-6-2-7-18-33)40-23-12-10-21-36(40)37-28-27-35(31-41(37)49)50(34-19-8-3-9-20-34)42-24-14-26-44-46(42)47-45(51-44)30-29-39-38-22-11-13-25-43(38)52-48(39)47/h1-31H. The second-order valence-electron chi connectivity index (χ2n) is 13.6. The molecule has 0 N–H and O–H groups in total. The summed E-state index contributed by atoms with van der Waals surface area (Å²) < 4.78 is 5.32. The number of hydrogen-bond donors (Lipinski definition) is 0. The van der Waals surface area contributed by atoms with Gasteiger partial charge in [-0.2, -0.15) is 0 Å². The summed E-state index contributed by atoms with van der Waals surface area (Å²) in [5, 5.41) is 5.33. The number of rotatable bonds is 5. The summed E-state index contributed by atoms with van der Waals surface area (Å²) in [4.78, 5) is 2.49. The van der Waals surface area contributed by atoms with Crippen molar-refractivity contribution in [3.63, 3.8) is 0 Å². The molecule has 2 aromatic heterocycles. The third kappa shape index (κ3) is 4.15. The van der Waals surface area contributed by atoms with Gasteiger partial charge >= 0.3 is 0 Å². The molecule has 10 aromatic rings. The lowest BCUT2D eigenvalue weighted by atomic mass is 9.67. The Balaban J connectivity index is 1.23. The minimum atomic E-state index is -0.475. The summed E-state index contributed by atoms with van der Waals surface area (Å²) >= 11 is 3.81. The number of para-hydroxylation sites is 1. The Bertz CT molecular complexity index is 2920. The Labute approximate surface area is 310 Å². The fourth-order valence-corrected chi connectivity index (χ4v) is 11.3. The molecule has 1 aliphatic rings. The normalized spacial score (nSPS) is 13.2. The van der Waals surface area contributed by atoms with E-state index in [1.807, 2.05) is 22.7 Å². The number of nitrogens with zero attached hydrogens (tertiary/aromatic N) is 1. The topological polar surface area (TPSA) is 3.24 Å². The number of hydrogen-bond acceptors (Lipinski definition) is 3. The number of fused-ring (bicyclic) bond motifs is 10. The molecule has 1 aliphatic carbocycles. The first-order valence-electron chi connectivity index (χ1n) is 17.8. The van der Waals surface area contributed by atoms with Crippen LogP contribution in [0.15, 0.2) is 188 Å². The van der Waals surface area contributed by atoms with Gasteiger partial charge in [0.15, 0.2) is 0 Å². The first-order chi connectivity index (χ1) is 25.8. The molecule has 0 aliphatic heterocycles. The van der Waals surface area contributed by atoms with Gasteiger partial charge in [-0.25, -0.2) is 0 Å². The number of thiophene rings is 2. The fourth-order valence-electron chi connectivity index (χ4n) is 8.83. The Morgan fingerprint density at radius 2 is 1.02 bits per heavy atom. The summed E-state index contributed by atoms with van der Waals surface area (Å²) in [5.41, 5.74) is 10.7. The molecule has 3 heteroatoms. The first kappa shape index (κ1) is 29.7. The highest BCUT2D eigenvalue weighted by Gasteiger charge is 2.46. The van der Waals surface area contributed by atoms with Crippen molar-refractivity contribution in [3.8, 4) is 11.1 Å². The Kier molecular flexibility index (Phi) is 6.57. The lowest BCUT2D eigenvalue weighted by Gasteiger charge is -2.35. The smallest absolute Gasteiger partial charge is 0.0714 e. The van der Waals surface area contributed by atoms with E-state index in [0.717, 1.165) is 11.4 Å². The lowest BCUT2D eigenvalue weighted by molar-refractivity contribution is 0.768. The van der Waals surface area contributed by atoms with Crippen molar-refractivity contribution >= 4 is 80.1 Å². The average molecular weight is 698 g/mol. The number of anilines is 3. The van der Waals surface area contributed by atoms with Crippen LogP contribution in [-0.2, 0) is 5.41 Å². The Morgan fingerprint density at radius 1 is 0.385 bits per heavy atom. The molecule has 0 unspecified atom stereocenters. The molecule has 0 spiro atoms. The van der Waals surface area contributed by atoms with Crippen molar-refractivity contribution in [3.05, 3.63) is 210 Å². The van der Waals surface area contributed by atoms with Crippen LogP contribution in [0.4, 0.5) is 17.1 Å². The van der Waals surface area contributed by atoms with Crippen molar-refractivity contribution < 1.29 is 0 Å². The van der Waals surface area contributed by atoms with Crippen LogP contribution in [0.25, 0.3) is 51.5 Å². The van der Waals surface area contributed by atoms with Crippen LogP contribution < -0.4 is 4.90 Å². The summed E-state index contributed by atoms with van der Waals surface area (Å²) in [6, 6.07) is 69.6. The molecular formula is C49H31NS2. The molecule has 52 heavy (non-hydrogen) atoms. The summed E-state index contributed by atoms with van der Waals surface area (Å²) in [6.07, 6.45) is 0. The molecule has 0 saturated heterocycles. The van der Waals surface area contributed by atoms with E-state index in [2.05, 4.69) is 193 Å². The largest absolute Gasteiger partial charge is 0.310 e. The van der Waals surface area contributed by atoms with E-state index in [-0.39, 0.29) is 0 Å². The third-order valence-electron chi connectivity index (χ3n) is 10.9. The van der Waals surface area contributed by atoms with Crippen molar-refractivity contribution in [2.75, 3.05) is 4.90 Å². The fraction of sp³-hybridized carbons (Fsp3) is 0.0204. The SMILES string of the molecule is c1ccc(N(c2ccc3c(c2)C(c2ccccc2)(c2ccccc2)c2ccccc2-3)c2cccc3sc4ccc5c6ccccc6sc5c4c23)cc1. The molecular weight excluding hydrogens is 667 g/mol. The van der Waals surface area contributed by atoms with Crippen molar-refractivity contribution in [2.45, 2.75) is 5.41 Å². The zero-order valence-corrected chi connectivity index (χ0v) is 29.8. The Morgan fingerprint density at radius 3 is 1.81 bits per heavy atom.